The number of aliphatic carboxylic acids is 1. The maximum Gasteiger partial charge on any atom is 0.317 e. The fraction of sp³-hybridized carbons (Fsp3) is 0.182. The van der Waals surface area contributed by atoms with Crippen LogP contribution in [0.1, 0.15) is 5.56 Å². The van der Waals surface area contributed by atoms with Crippen LogP contribution in [0.2, 0.25) is 0 Å². The average molecular weight is 224 g/mol. The molecule has 2 N–H and O–H groups in total. The maximum absolute atomic E-state index is 10.9. The van der Waals surface area contributed by atoms with E-state index in [-0.39, 0.29) is 5.09 Å². The molecule has 0 amide bonds. The van der Waals surface area contributed by atoms with Crippen molar-refractivity contribution in [3.63, 3.8) is 0 Å². The van der Waals surface area contributed by atoms with Gasteiger partial charge in [0.2, 0.25) is 0 Å². The summed E-state index contributed by atoms with van der Waals surface area (Å²) >= 11 is 0.864. The minimum atomic E-state index is -0.945. The van der Waals surface area contributed by atoms with Crippen molar-refractivity contribution < 1.29 is 15.0 Å². The minimum absolute atomic E-state index is 0.168. The van der Waals surface area contributed by atoms with E-state index in [9.17, 15) is 4.79 Å². The fourth-order valence-electron chi connectivity index (χ4n) is 1.17. The number of carboxylic acids is 1. The Balaban J connectivity index is 2.67. The molecule has 0 saturated heterocycles. The van der Waals surface area contributed by atoms with Gasteiger partial charge in [-0.05, 0) is 18.6 Å². The molecule has 1 rings (SSSR count). The van der Waals surface area contributed by atoms with Gasteiger partial charge in [-0.3, -0.25) is 4.79 Å². The molecule has 0 bridgehead atoms. The van der Waals surface area contributed by atoms with E-state index in [0.29, 0.717) is 6.42 Å². The number of carboxylic acid groups (broad SMARTS) is 1. The van der Waals surface area contributed by atoms with Crippen LogP contribution in [0.25, 0.3) is 0 Å². The fourth-order valence-corrected chi connectivity index (χ4v) is 1.88. The first-order valence-electron chi connectivity index (χ1n) is 4.41. The molecule has 0 fully saturated rings. The number of aliphatic hydroxyl groups excluding tert-OH is 1. The standard InChI is InChI=1S/C11H12O3S/c1-8(12)15-10(11(13)14)7-9-5-3-2-4-6-9/h2-6,10,12H,1,7H2,(H,13,14). The second-order valence-electron chi connectivity index (χ2n) is 3.03. The van der Waals surface area contributed by atoms with Crippen LogP contribution in [0.15, 0.2) is 42.0 Å². The summed E-state index contributed by atoms with van der Waals surface area (Å²) in [5.41, 5.74) is 0.929. The van der Waals surface area contributed by atoms with Crippen LogP contribution in [-0.2, 0) is 11.2 Å². The molecular weight excluding hydrogens is 212 g/mol. The van der Waals surface area contributed by atoms with E-state index < -0.39 is 11.2 Å². The normalized spacial score (nSPS) is 12.0. The molecule has 1 aromatic rings. The molecule has 0 radical (unpaired) electrons. The highest BCUT2D eigenvalue weighted by atomic mass is 32.2. The van der Waals surface area contributed by atoms with Gasteiger partial charge in [0.15, 0.2) is 0 Å². The van der Waals surface area contributed by atoms with Gasteiger partial charge in [0.1, 0.15) is 10.3 Å². The van der Waals surface area contributed by atoms with Crippen molar-refractivity contribution in [2.45, 2.75) is 11.7 Å². The molecule has 80 valence electrons. The largest absolute Gasteiger partial charge is 0.503 e. The quantitative estimate of drug-likeness (QED) is 0.754. The van der Waals surface area contributed by atoms with Crippen molar-refractivity contribution in [1.29, 1.82) is 0 Å². The Bertz CT molecular complexity index is 348. The lowest BCUT2D eigenvalue weighted by atomic mass is 10.1. The van der Waals surface area contributed by atoms with Crippen molar-refractivity contribution in [3.05, 3.63) is 47.6 Å². The van der Waals surface area contributed by atoms with E-state index in [1.165, 1.54) is 0 Å². The van der Waals surface area contributed by atoms with E-state index in [2.05, 4.69) is 6.58 Å². The van der Waals surface area contributed by atoms with Gasteiger partial charge in [0.05, 0.1) is 0 Å². The highest BCUT2D eigenvalue weighted by Gasteiger charge is 2.19. The van der Waals surface area contributed by atoms with E-state index in [1.54, 1.807) is 0 Å². The molecule has 0 saturated carbocycles. The Labute approximate surface area is 92.4 Å². The predicted molar refractivity (Wildman–Crippen MR) is 60.9 cm³/mol. The van der Waals surface area contributed by atoms with Crippen molar-refractivity contribution in [1.82, 2.24) is 0 Å². The Morgan fingerprint density at radius 3 is 2.40 bits per heavy atom. The van der Waals surface area contributed by atoms with Gasteiger partial charge in [-0.2, -0.15) is 0 Å². The average Bonchev–Trinajstić information content (AvgIpc) is 2.17. The highest BCUT2D eigenvalue weighted by Crippen LogP contribution is 2.21. The third kappa shape index (κ3) is 4.08. The molecule has 1 atom stereocenters. The highest BCUT2D eigenvalue weighted by molar-refractivity contribution is 8.04. The zero-order valence-corrected chi connectivity index (χ0v) is 8.91. The Morgan fingerprint density at radius 1 is 1.33 bits per heavy atom. The Kier molecular flexibility index (Phi) is 4.24. The van der Waals surface area contributed by atoms with Crippen LogP contribution in [-0.4, -0.2) is 21.4 Å². The van der Waals surface area contributed by atoms with Gasteiger partial charge < -0.3 is 10.2 Å². The maximum atomic E-state index is 10.9. The van der Waals surface area contributed by atoms with Crippen LogP contribution >= 0.6 is 11.8 Å². The summed E-state index contributed by atoms with van der Waals surface area (Å²) < 4.78 is 0. The summed E-state index contributed by atoms with van der Waals surface area (Å²) in [6.07, 6.45) is 0.375. The number of carbonyl (C=O) groups is 1. The lowest BCUT2D eigenvalue weighted by Crippen LogP contribution is -2.19. The summed E-state index contributed by atoms with van der Waals surface area (Å²) in [6.45, 7) is 3.27. The van der Waals surface area contributed by atoms with Gasteiger partial charge in [0.25, 0.3) is 0 Å². The van der Waals surface area contributed by atoms with Crippen LogP contribution in [0, 0.1) is 0 Å². The predicted octanol–water partition coefficient (Wildman–Crippen LogP) is 2.44. The van der Waals surface area contributed by atoms with E-state index in [0.717, 1.165) is 17.3 Å². The van der Waals surface area contributed by atoms with Crippen molar-refractivity contribution >= 4 is 17.7 Å². The van der Waals surface area contributed by atoms with Crippen molar-refractivity contribution in [3.8, 4) is 0 Å². The molecule has 1 aromatic carbocycles. The molecule has 3 nitrogen and oxygen atoms in total. The summed E-state index contributed by atoms with van der Waals surface area (Å²) in [5.74, 6) is -0.945. The van der Waals surface area contributed by atoms with Crippen molar-refractivity contribution in [2.75, 3.05) is 0 Å². The summed E-state index contributed by atoms with van der Waals surface area (Å²) in [4.78, 5) is 10.9. The van der Waals surface area contributed by atoms with Gasteiger partial charge >= 0.3 is 5.97 Å². The number of hydrogen-bond acceptors (Lipinski definition) is 3. The molecule has 0 aliphatic rings. The van der Waals surface area contributed by atoms with Crippen LogP contribution in [0.5, 0.6) is 0 Å². The zero-order chi connectivity index (χ0) is 11.3. The minimum Gasteiger partial charge on any atom is -0.503 e. The number of hydrogen-bond donors (Lipinski definition) is 2. The third-order valence-electron chi connectivity index (χ3n) is 1.82. The molecule has 4 heteroatoms. The monoisotopic (exact) mass is 224 g/mol. The van der Waals surface area contributed by atoms with Gasteiger partial charge in [-0.25, -0.2) is 0 Å². The van der Waals surface area contributed by atoms with E-state index in [1.807, 2.05) is 30.3 Å². The first-order valence-corrected chi connectivity index (χ1v) is 5.29. The number of thioether (sulfide) groups is 1. The number of aliphatic hydroxyl groups is 1. The second-order valence-corrected chi connectivity index (χ2v) is 4.30. The zero-order valence-electron chi connectivity index (χ0n) is 8.09. The van der Waals surface area contributed by atoms with E-state index in [4.69, 9.17) is 10.2 Å². The molecule has 1 unspecified atom stereocenters. The first-order chi connectivity index (χ1) is 7.09. The molecule has 0 aliphatic heterocycles. The summed E-state index contributed by atoms with van der Waals surface area (Å²) in [7, 11) is 0. The Hall–Kier alpha value is -1.42. The number of rotatable bonds is 5. The first kappa shape index (κ1) is 11.7. The van der Waals surface area contributed by atoms with Crippen molar-refractivity contribution in [2.24, 2.45) is 0 Å². The van der Waals surface area contributed by atoms with Crippen LogP contribution < -0.4 is 0 Å². The SMILES string of the molecule is C=C(O)SC(Cc1ccccc1)C(=O)O. The second kappa shape index (κ2) is 5.46. The lowest BCUT2D eigenvalue weighted by Gasteiger charge is -2.10. The Morgan fingerprint density at radius 2 is 1.93 bits per heavy atom. The van der Waals surface area contributed by atoms with Crippen LogP contribution in [0.3, 0.4) is 0 Å². The smallest absolute Gasteiger partial charge is 0.317 e. The van der Waals surface area contributed by atoms with Gasteiger partial charge in [-0.15, -0.1) is 0 Å². The molecule has 0 aliphatic carbocycles. The van der Waals surface area contributed by atoms with Crippen LogP contribution in [0.4, 0.5) is 0 Å². The molecule has 15 heavy (non-hydrogen) atoms. The molecule has 0 aromatic heterocycles. The molecule has 0 spiro atoms. The van der Waals surface area contributed by atoms with Gasteiger partial charge in [-0.1, -0.05) is 42.1 Å². The lowest BCUT2D eigenvalue weighted by molar-refractivity contribution is -0.136. The third-order valence-corrected chi connectivity index (χ3v) is 2.74. The summed E-state index contributed by atoms with van der Waals surface area (Å²) in [5, 5.41) is 17.0. The van der Waals surface area contributed by atoms with E-state index >= 15 is 0 Å². The van der Waals surface area contributed by atoms with Gasteiger partial charge in [0, 0.05) is 0 Å². The molecular formula is C11H12O3S. The topological polar surface area (TPSA) is 57.5 Å². The number of benzene rings is 1. The summed E-state index contributed by atoms with van der Waals surface area (Å²) in [6, 6.07) is 9.30. The molecule has 0 heterocycles.